The van der Waals surface area contributed by atoms with Gasteiger partial charge in [0.15, 0.2) is 0 Å². The highest BCUT2D eigenvalue weighted by atomic mass is 16.6. The third-order valence-corrected chi connectivity index (χ3v) is 11.7. The monoisotopic (exact) mass is 1020 g/mol. The van der Waals surface area contributed by atoms with Crippen molar-refractivity contribution in [1.82, 2.24) is 0 Å². The first-order valence-electron chi connectivity index (χ1n) is 24.5. The molecule has 12 nitrogen and oxygen atoms in total. The van der Waals surface area contributed by atoms with Crippen LogP contribution in [0.25, 0.3) is 22.3 Å². The molecule has 0 aliphatic carbocycles. The van der Waals surface area contributed by atoms with E-state index in [1.807, 2.05) is 158 Å². The summed E-state index contributed by atoms with van der Waals surface area (Å²) in [6.45, 7) is 2.90. The van der Waals surface area contributed by atoms with Crippen molar-refractivity contribution in [3.63, 3.8) is 0 Å². The average molecular weight is 1020 g/mol. The van der Waals surface area contributed by atoms with Crippen molar-refractivity contribution in [2.75, 3.05) is 46.2 Å². The number of aliphatic carboxylic acids is 1. The van der Waals surface area contributed by atoms with E-state index in [4.69, 9.17) is 28.8 Å². The van der Waals surface area contributed by atoms with Crippen molar-refractivity contribution < 1.29 is 57.8 Å². The summed E-state index contributed by atoms with van der Waals surface area (Å²) < 4.78 is 32.0. The van der Waals surface area contributed by atoms with Gasteiger partial charge in [0.25, 0.3) is 12.9 Å². The van der Waals surface area contributed by atoms with Crippen LogP contribution in [0.4, 0.5) is 0 Å². The summed E-state index contributed by atoms with van der Waals surface area (Å²) in [5, 5.41) is 18.0. The molecule has 0 saturated heterocycles. The number of rotatable bonds is 26. The summed E-state index contributed by atoms with van der Waals surface area (Å²) in [4.78, 5) is 42.9. The van der Waals surface area contributed by atoms with Gasteiger partial charge in [-0.3, -0.25) is 14.4 Å². The van der Waals surface area contributed by atoms with E-state index >= 15 is 0 Å². The first kappa shape index (κ1) is 54.4. The van der Waals surface area contributed by atoms with Crippen molar-refractivity contribution in [3.05, 3.63) is 268 Å². The molecular formula is C64H56O12. The SMILES string of the molecule is O=COCCOCCOc1ccc(/C(=C(\c2ccccc2)c2ccc(OCCOCCC(=O)O)cc2)c2ccccc2)cc1.O=COc1ccc(/C(=C(\c2ccccc2)c2ccc(C(=O)O)cc2)c2ccccc2)cc1. The molecule has 0 bridgehead atoms. The highest BCUT2D eigenvalue weighted by molar-refractivity contribution is 6.06. The van der Waals surface area contributed by atoms with Gasteiger partial charge in [-0.2, -0.15) is 0 Å². The van der Waals surface area contributed by atoms with E-state index in [9.17, 15) is 24.3 Å². The lowest BCUT2D eigenvalue weighted by molar-refractivity contribution is -0.138. The van der Waals surface area contributed by atoms with Gasteiger partial charge in [0, 0.05) is 0 Å². The maximum Gasteiger partial charge on any atom is 0.335 e. The van der Waals surface area contributed by atoms with Gasteiger partial charge >= 0.3 is 11.9 Å². The molecule has 384 valence electrons. The Morgan fingerprint density at radius 2 is 0.632 bits per heavy atom. The van der Waals surface area contributed by atoms with Crippen LogP contribution in [0, 0.1) is 0 Å². The van der Waals surface area contributed by atoms with Crippen LogP contribution in [-0.4, -0.2) is 81.3 Å². The number of hydrogen-bond acceptors (Lipinski definition) is 10. The Balaban J connectivity index is 0.000000232. The molecule has 0 unspecified atom stereocenters. The molecule has 0 amide bonds. The maximum absolute atomic E-state index is 11.4. The Bertz CT molecular complexity index is 3120. The van der Waals surface area contributed by atoms with Gasteiger partial charge in [-0.05, 0) is 115 Å². The number of carboxylic acid groups (broad SMARTS) is 2. The van der Waals surface area contributed by atoms with E-state index in [0.29, 0.717) is 57.5 Å². The fraction of sp³-hybridized carbons (Fsp3) is 0.125. The van der Waals surface area contributed by atoms with Gasteiger partial charge < -0.3 is 38.6 Å². The summed E-state index contributed by atoms with van der Waals surface area (Å²) in [6, 6.07) is 70.8. The van der Waals surface area contributed by atoms with Gasteiger partial charge in [0.1, 0.15) is 37.1 Å². The molecule has 8 rings (SSSR count). The predicted molar refractivity (Wildman–Crippen MR) is 292 cm³/mol. The van der Waals surface area contributed by atoms with Gasteiger partial charge in [0.2, 0.25) is 0 Å². The molecule has 8 aromatic carbocycles. The predicted octanol–water partition coefficient (Wildman–Crippen LogP) is 12.1. The number of aromatic carboxylic acids is 1. The lowest BCUT2D eigenvalue weighted by Crippen LogP contribution is -2.10. The summed E-state index contributed by atoms with van der Waals surface area (Å²) in [5.74, 6) is 0.0395. The van der Waals surface area contributed by atoms with Crippen LogP contribution in [0.5, 0.6) is 17.2 Å². The summed E-state index contributed by atoms with van der Waals surface area (Å²) >= 11 is 0. The minimum absolute atomic E-state index is 0.0296. The molecule has 0 aliphatic heterocycles. The molecule has 0 fully saturated rings. The Morgan fingerprint density at radius 1 is 0.329 bits per heavy atom. The van der Waals surface area contributed by atoms with Crippen LogP contribution in [0.3, 0.4) is 0 Å². The van der Waals surface area contributed by atoms with Crippen molar-refractivity contribution in [1.29, 1.82) is 0 Å². The van der Waals surface area contributed by atoms with E-state index < -0.39 is 11.9 Å². The molecule has 76 heavy (non-hydrogen) atoms. The van der Waals surface area contributed by atoms with E-state index in [1.54, 1.807) is 24.3 Å². The van der Waals surface area contributed by atoms with Crippen LogP contribution < -0.4 is 14.2 Å². The van der Waals surface area contributed by atoms with Crippen LogP contribution >= 0.6 is 0 Å². The summed E-state index contributed by atoms with van der Waals surface area (Å²) in [5.41, 5.74) is 12.4. The Kier molecular flexibility index (Phi) is 21.0. The Labute approximate surface area is 441 Å². The largest absolute Gasteiger partial charge is 0.491 e. The molecule has 0 atom stereocenters. The Hall–Kier alpha value is -9.36. The zero-order valence-corrected chi connectivity index (χ0v) is 41.6. The summed E-state index contributed by atoms with van der Waals surface area (Å²) in [6.07, 6.45) is -0.0296. The van der Waals surface area contributed by atoms with E-state index in [1.165, 1.54) is 0 Å². The molecule has 12 heteroatoms. The van der Waals surface area contributed by atoms with Crippen LogP contribution in [0.1, 0.15) is 61.3 Å². The maximum atomic E-state index is 11.4. The fourth-order valence-corrected chi connectivity index (χ4v) is 8.17. The second kappa shape index (κ2) is 29.4. The standard InChI is InChI=1S/C36H36O8.C28H20O4/c37-27-42-22-21-41-24-26-44-33-17-13-31(14-18-33)36(29-9-5-2-6-10-29)35(28-7-3-1-4-8-28)30-11-15-32(16-12-30)43-25-23-40-20-19-34(38)39;29-19-32-25-17-15-23(16-18-25)27(21-9-5-2-6-10-21)26(20-7-3-1-4-8-20)22-11-13-24(14-12-22)28(30)31/h1-18,27H,19-26H2,(H,38,39);1-19H,(H,30,31)/b36-35+;27-26+. The number of benzene rings is 8. The van der Waals surface area contributed by atoms with Crippen LogP contribution in [0.2, 0.25) is 0 Å². The molecular weight excluding hydrogens is 961 g/mol. The zero-order valence-electron chi connectivity index (χ0n) is 41.6. The number of carbonyl (C=O) groups is 4. The molecule has 2 N–H and O–H groups in total. The lowest BCUT2D eigenvalue weighted by Gasteiger charge is -2.19. The average Bonchev–Trinajstić information content (AvgIpc) is 3.47. The van der Waals surface area contributed by atoms with E-state index in [-0.39, 0.29) is 25.2 Å². The fourth-order valence-electron chi connectivity index (χ4n) is 8.17. The van der Waals surface area contributed by atoms with E-state index in [2.05, 4.69) is 41.1 Å². The van der Waals surface area contributed by atoms with Gasteiger partial charge in [-0.1, -0.05) is 170 Å². The molecule has 0 radical (unpaired) electrons. The third kappa shape index (κ3) is 16.1. The molecule has 0 saturated carbocycles. The second-order valence-electron chi connectivity index (χ2n) is 16.7. The summed E-state index contributed by atoms with van der Waals surface area (Å²) in [7, 11) is 0. The normalized spacial score (nSPS) is 11.4. The molecule has 0 aromatic heterocycles. The van der Waals surface area contributed by atoms with Crippen molar-refractivity contribution in [2.45, 2.75) is 6.42 Å². The van der Waals surface area contributed by atoms with Gasteiger partial charge in [-0.25, -0.2) is 4.79 Å². The number of hydrogen-bond donors (Lipinski definition) is 2. The number of carbonyl (C=O) groups excluding carboxylic acids is 2. The van der Waals surface area contributed by atoms with Gasteiger partial charge in [-0.15, -0.1) is 0 Å². The minimum atomic E-state index is -0.962. The van der Waals surface area contributed by atoms with Crippen molar-refractivity contribution >= 4 is 47.2 Å². The van der Waals surface area contributed by atoms with Crippen molar-refractivity contribution in [2.24, 2.45) is 0 Å². The highest BCUT2D eigenvalue weighted by Gasteiger charge is 2.19. The second-order valence-corrected chi connectivity index (χ2v) is 16.7. The zero-order chi connectivity index (χ0) is 53.2. The number of ether oxygens (including phenoxy) is 6. The highest BCUT2D eigenvalue weighted by Crippen LogP contribution is 2.39. The third-order valence-electron chi connectivity index (χ3n) is 11.7. The van der Waals surface area contributed by atoms with Crippen molar-refractivity contribution in [3.8, 4) is 17.2 Å². The first-order chi connectivity index (χ1) is 37.3. The Morgan fingerprint density at radius 3 is 0.961 bits per heavy atom. The molecule has 0 aliphatic rings. The molecule has 0 spiro atoms. The van der Waals surface area contributed by atoms with Gasteiger partial charge in [0.05, 0.1) is 38.4 Å². The first-order valence-corrected chi connectivity index (χ1v) is 24.5. The number of carboxylic acids is 2. The minimum Gasteiger partial charge on any atom is -0.491 e. The molecule has 0 heterocycles. The van der Waals surface area contributed by atoms with Crippen LogP contribution in [0.15, 0.2) is 218 Å². The quantitative estimate of drug-likeness (QED) is 0.0300. The lowest BCUT2D eigenvalue weighted by atomic mass is 9.85. The smallest absolute Gasteiger partial charge is 0.335 e. The van der Waals surface area contributed by atoms with E-state index in [0.717, 1.165) is 72.5 Å². The topological polar surface area (TPSA) is 164 Å². The molecule has 8 aromatic rings. The van der Waals surface area contributed by atoms with Crippen LogP contribution in [-0.2, 0) is 28.6 Å².